The molecule has 0 unspecified atom stereocenters. The molecule has 0 aliphatic heterocycles. The van der Waals surface area contributed by atoms with Gasteiger partial charge in [0.1, 0.15) is 88.0 Å². The second-order valence-corrected chi connectivity index (χ2v) is 25.9. The summed E-state index contributed by atoms with van der Waals surface area (Å²) in [6.45, 7) is 0. The molecule has 0 aliphatic rings. The van der Waals surface area contributed by atoms with E-state index >= 15 is 0 Å². The van der Waals surface area contributed by atoms with E-state index in [-0.39, 0.29) is 244 Å². The molecule has 0 saturated carbocycles. The number of rotatable bonds is 7. The van der Waals surface area contributed by atoms with Crippen molar-refractivity contribution in [2.75, 3.05) is 0 Å². The van der Waals surface area contributed by atoms with Crippen LogP contribution in [-0.4, -0.2) is 216 Å². The van der Waals surface area contributed by atoms with Crippen LogP contribution in [-0.2, 0) is 60.7 Å². The smallest absolute Gasteiger partial charge is 1.00 e. The Morgan fingerprint density at radius 3 is 0.951 bits per heavy atom. The summed E-state index contributed by atoms with van der Waals surface area (Å²) in [5.41, 5.74) is 1.87. The van der Waals surface area contributed by atoms with Crippen LogP contribution in [0.2, 0.25) is 0 Å². The molecular weight excluding hydrogens is 1690 g/mol. The number of halogens is 14. The van der Waals surface area contributed by atoms with Crippen LogP contribution in [0, 0.1) is 46.5 Å². The van der Waals surface area contributed by atoms with Crippen molar-refractivity contribution in [3.8, 4) is 11.1 Å². The molecule has 0 amide bonds. The van der Waals surface area contributed by atoms with Crippen LogP contribution in [0.3, 0.4) is 0 Å². The van der Waals surface area contributed by atoms with Crippen LogP contribution >= 0.6 is 0 Å². The van der Waals surface area contributed by atoms with Gasteiger partial charge in [0, 0.05) is 12.1 Å². The molecule has 0 heterocycles. The van der Waals surface area contributed by atoms with Crippen molar-refractivity contribution in [1.29, 1.82) is 0 Å². The minimum Gasteiger partial charge on any atom is -1.00 e. The van der Waals surface area contributed by atoms with Gasteiger partial charge in [-0.2, -0.15) is 0 Å². The number of hydrogen-bond acceptors (Lipinski definition) is 18. The van der Waals surface area contributed by atoms with Gasteiger partial charge in [-0.05, 0) is 90.6 Å². The minimum atomic E-state index is -5.77. The molecule has 11 rings (SSSR count). The third kappa shape index (κ3) is 31.4. The maximum absolute atomic E-state index is 12.6. The summed E-state index contributed by atoms with van der Waals surface area (Å²) in [5, 5.41) is 5.37. The van der Waals surface area contributed by atoms with Gasteiger partial charge in [0.15, 0.2) is 23.3 Å². The summed E-state index contributed by atoms with van der Waals surface area (Å²) >= 11 is 0. The van der Waals surface area contributed by atoms with Crippen LogP contribution in [0.5, 0.6) is 0 Å². The summed E-state index contributed by atoms with van der Waals surface area (Å²) in [5.74, 6) is -17.6. The van der Waals surface area contributed by atoms with Crippen molar-refractivity contribution in [3.05, 3.63) is 253 Å². The van der Waals surface area contributed by atoms with Crippen molar-refractivity contribution in [2.45, 2.75) is 29.4 Å². The first-order valence-electron chi connectivity index (χ1n) is 24.2. The van der Waals surface area contributed by atoms with Gasteiger partial charge in [-0.3, -0.25) is 0 Å². The fourth-order valence-electron chi connectivity index (χ4n) is 7.99. The molecular formula is C58H34Cl6F8Mg6O18S6. The molecule has 44 heteroatoms. The Bertz CT molecular complexity index is 5180. The SMILES string of the molecule is O=S(=O)([O-])c1c(F)c(F)c(F)c(F)c1F.O=S(=O)([O-])c1c(F)cc(F)cc1F.O=S(=O)([O-])c1c2ccccc2cc2ccccc12.O=S(=O)([O-])c1ccc(-c2ccccc2)cc1.O=S(=O)([O-])c1ccc2ccccc2c1.O=S(=O)([O-])c1cccc2ccccc12.[Cl-].[Cl-].[Cl-].[Cl-].[Cl-].[Cl-].[Mg+2].[Mg+2].[Mg+2].[Mg+2].[Mg+2].[Mg+2]. The van der Waals surface area contributed by atoms with E-state index in [4.69, 9.17) is 0 Å². The molecule has 11 aromatic rings. The molecule has 0 radical (unpaired) electrons. The first kappa shape index (κ1) is 113. The van der Waals surface area contributed by atoms with E-state index in [2.05, 4.69) is 0 Å². The minimum absolute atomic E-state index is 0. The Morgan fingerprint density at radius 2 is 0.559 bits per heavy atom. The molecule has 11 aromatic carbocycles. The molecule has 102 heavy (non-hydrogen) atoms. The molecule has 0 aliphatic carbocycles. The summed E-state index contributed by atoms with van der Waals surface area (Å²) in [4.78, 5) is -4.71. The molecule has 0 atom stereocenters. The molecule has 520 valence electrons. The third-order valence-electron chi connectivity index (χ3n) is 11.9. The van der Waals surface area contributed by atoms with Gasteiger partial charge in [0.25, 0.3) is 0 Å². The Balaban J connectivity index is -0.000000208. The van der Waals surface area contributed by atoms with Gasteiger partial charge >= 0.3 is 138 Å². The van der Waals surface area contributed by atoms with Crippen LogP contribution in [0.1, 0.15) is 0 Å². The Labute approximate surface area is 713 Å². The van der Waals surface area contributed by atoms with Gasteiger partial charge in [0.2, 0.25) is 5.82 Å². The first-order chi connectivity index (χ1) is 41.8. The Kier molecular flexibility index (Phi) is 53.5. The van der Waals surface area contributed by atoms with E-state index in [1.807, 2.05) is 60.7 Å². The van der Waals surface area contributed by atoms with Gasteiger partial charge < -0.3 is 102 Å². The van der Waals surface area contributed by atoms with Crippen LogP contribution in [0.15, 0.2) is 236 Å². The van der Waals surface area contributed by atoms with E-state index in [1.165, 1.54) is 30.3 Å². The molecule has 0 aromatic heterocycles. The quantitative estimate of drug-likeness (QED) is 0.0357. The van der Waals surface area contributed by atoms with Crippen molar-refractivity contribution < 1.29 is 187 Å². The molecule has 18 nitrogen and oxygen atoms in total. The number of fused-ring (bicyclic) bond motifs is 4. The molecule has 0 bridgehead atoms. The fourth-order valence-corrected chi connectivity index (χ4v) is 11.8. The predicted molar refractivity (Wildman–Crippen MR) is 336 cm³/mol. The maximum atomic E-state index is 12.6. The first-order valence-corrected chi connectivity index (χ1v) is 32.7. The molecule has 0 spiro atoms. The van der Waals surface area contributed by atoms with E-state index in [0.29, 0.717) is 16.2 Å². The van der Waals surface area contributed by atoms with Crippen LogP contribution < -0.4 is 74.4 Å². The van der Waals surface area contributed by atoms with Gasteiger partial charge in [-0.25, -0.2) is 85.6 Å². The average molecular weight is 1720 g/mol. The maximum Gasteiger partial charge on any atom is 2.00 e. The number of hydrogen-bond donors (Lipinski definition) is 0. The van der Waals surface area contributed by atoms with Crippen molar-refractivity contribution in [2.24, 2.45) is 0 Å². The molecule has 0 N–H and O–H groups in total. The van der Waals surface area contributed by atoms with Crippen LogP contribution in [0.25, 0.3) is 54.2 Å². The van der Waals surface area contributed by atoms with E-state index in [9.17, 15) is 113 Å². The van der Waals surface area contributed by atoms with Gasteiger partial charge in [-0.15, -0.1) is 0 Å². The largest absolute Gasteiger partial charge is 2.00 e. The summed E-state index contributed by atoms with van der Waals surface area (Å²) in [6.07, 6.45) is 0. The standard InChI is InChI=1S/C14H10O3S.C12H10O3S.2C10H8O3S.C6HF5O3S.C6H3F3O3S.6ClH.6Mg/c15-18(16,17)14-12-7-3-1-5-10(12)9-11-6-2-4-8-13(11)14;13-16(14,15)12-8-6-11(7-9-12)10-4-2-1-3-5-10;11-14(12,13)10-7-3-5-8-4-1-2-6-9(8)10;11-14(12,13)10-6-5-8-3-1-2-4-9(8)7-10;7-1-2(8)4(10)6(15(12,13)14)5(11)3(1)9;7-3-1-4(8)6(5(9)2-3)13(10,11)12;;;;;;;;;;;;/h1-9H,(H,15,16,17);1-9H,(H,13,14,15);2*1-7H,(H,11,12,13);(H,12,13,14);1-2H,(H,10,11,12);6*1H;;;;;;/q;;;;;;;;;;;;6*+2/p-12. The second-order valence-electron chi connectivity index (χ2n) is 17.8. The third-order valence-corrected chi connectivity index (χ3v) is 17.1. The second kappa shape index (κ2) is 48.3. The van der Waals surface area contributed by atoms with Crippen molar-refractivity contribution >= 4 is 242 Å². The van der Waals surface area contributed by atoms with E-state index in [0.717, 1.165) is 38.1 Å². The summed E-state index contributed by atoms with van der Waals surface area (Å²) in [7, 11) is -28.6. The van der Waals surface area contributed by atoms with E-state index < -0.39 is 117 Å². The summed E-state index contributed by atoms with van der Waals surface area (Å²) in [6, 6.07) is 54.7. The zero-order valence-electron chi connectivity index (χ0n) is 51.0. The normalized spacial score (nSPS) is 10.4. The summed E-state index contributed by atoms with van der Waals surface area (Å²) < 4.78 is 292. The van der Waals surface area contributed by atoms with E-state index in [1.54, 1.807) is 103 Å². The monoisotopic (exact) mass is 1720 g/mol. The van der Waals surface area contributed by atoms with Crippen LogP contribution in [0.4, 0.5) is 35.1 Å². The van der Waals surface area contributed by atoms with Crippen molar-refractivity contribution in [1.82, 2.24) is 0 Å². The van der Waals surface area contributed by atoms with Crippen molar-refractivity contribution in [3.63, 3.8) is 0 Å². The zero-order chi connectivity index (χ0) is 66.9. The Hall–Kier alpha value is -2.30. The Morgan fingerprint density at radius 1 is 0.235 bits per heavy atom. The topological polar surface area (TPSA) is 343 Å². The van der Waals surface area contributed by atoms with Gasteiger partial charge in [0.05, 0.1) is 19.6 Å². The molecule has 0 fully saturated rings. The zero-order valence-corrected chi connectivity index (χ0v) is 68.9. The molecule has 0 saturated heterocycles. The van der Waals surface area contributed by atoms with Gasteiger partial charge in [-0.1, -0.05) is 158 Å². The number of benzene rings is 11. The fraction of sp³-hybridized carbons (Fsp3) is 0. The average Bonchev–Trinajstić information content (AvgIpc) is 0.770. The predicted octanol–water partition coefficient (Wildman–Crippen LogP) is -9.32.